The highest BCUT2D eigenvalue weighted by Crippen LogP contribution is 1.97. The summed E-state index contributed by atoms with van der Waals surface area (Å²) in [4.78, 5) is 11.2. The normalized spacial score (nSPS) is 13.8. The zero-order chi connectivity index (χ0) is 11.2. The maximum Gasteiger partial charge on any atom is 0.221 e. The number of hydrogen-bond acceptors (Lipinski definition) is 3. The number of amides is 1. The van der Waals surface area contributed by atoms with Crippen molar-refractivity contribution in [3.8, 4) is 0 Å². The Morgan fingerprint density at radius 3 is 2.43 bits per heavy atom. The molecule has 3 N–H and O–H groups in total. The molecule has 0 radical (unpaired) electrons. The lowest BCUT2D eigenvalue weighted by Gasteiger charge is -2.20. The summed E-state index contributed by atoms with van der Waals surface area (Å²) >= 11 is 0. The molecule has 0 saturated heterocycles. The Hall–Kier alpha value is -0.610. The lowest BCUT2D eigenvalue weighted by Crippen LogP contribution is -2.40. The smallest absolute Gasteiger partial charge is 0.221 e. The maximum absolute atomic E-state index is 11.2. The van der Waals surface area contributed by atoms with E-state index in [4.69, 9.17) is 5.11 Å². The van der Waals surface area contributed by atoms with Gasteiger partial charge in [-0.2, -0.15) is 0 Å². The van der Waals surface area contributed by atoms with Gasteiger partial charge in [0.15, 0.2) is 0 Å². The third-order valence-electron chi connectivity index (χ3n) is 1.69. The zero-order valence-electron chi connectivity index (χ0n) is 9.55. The van der Waals surface area contributed by atoms with Crippen LogP contribution in [0.15, 0.2) is 0 Å². The van der Waals surface area contributed by atoms with Gasteiger partial charge < -0.3 is 15.7 Å². The van der Waals surface area contributed by atoms with Crippen molar-refractivity contribution < 1.29 is 9.90 Å². The van der Waals surface area contributed by atoms with E-state index < -0.39 is 0 Å². The molecule has 0 heterocycles. The van der Waals surface area contributed by atoms with E-state index in [0.29, 0.717) is 13.0 Å². The molecule has 0 unspecified atom stereocenters. The second-order valence-corrected chi connectivity index (χ2v) is 4.58. The molecule has 0 rings (SSSR count). The van der Waals surface area contributed by atoms with Crippen molar-refractivity contribution in [1.29, 1.82) is 0 Å². The first-order valence-corrected chi connectivity index (χ1v) is 5.00. The number of carbonyl (C=O) groups is 1. The van der Waals surface area contributed by atoms with Crippen LogP contribution >= 0.6 is 0 Å². The van der Waals surface area contributed by atoms with Crippen molar-refractivity contribution in [2.75, 3.05) is 13.2 Å². The molecule has 0 aromatic heterocycles. The van der Waals surface area contributed by atoms with Crippen LogP contribution in [0.2, 0.25) is 0 Å². The SMILES string of the molecule is C[C@@H](CO)NC(=O)CCNC(C)(C)C. The first-order valence-electron chi connectivity index (χ1n) is 5.00. The van der Waals surface area contributed by atoms with E-state index in [1.165, 1.54) is 0 Å². The van der Waals surface area contributed by atoms with Gasteiger partial charge in [0.2, 0.25) is 5.91 Å². The predicted molar refractivity (Wildman–Crippen MR) is 57.1 cm³/mol. The molecular formula is C10H22N2O2. The van der Waals surface area contributed by atoms with E-state index in [0.717, 1.165) is 0 Å². The lowest BCUT2D eigenvalue weighted by molar-refractivity contribution is -0.121. The molecule has 0 aromatic rings. The standard InChI is InChI=1S/C10H22N2O2/c1-8(7-13)12-9(14)5-6-11-10(2,3)4/h8,11,13H,5-7H2,1-4H3,(H,12,14)/t8-/m0/s1. The van der Waals surface area contributed by atoms with Crippen LogP contribution in [0.3, 0.4) is 0 Å². The Bertz CT molecular complexity index is 175. The number of rotatable bonds is 5. The van der Waals surface area contributed by atoms with Gasteiger partial charge in [0, 0.05) is 24.5 Å². The molecule has 0 aliphatic heterocycles. The van der Waals surface area contributed by atoms with Gasteiger partial charge in [-0.15, -0.1) is 0 Å². The van der Waals surface area contributed by atoms with Gasteiger partial charge in [-0.1, -0.05) is 0 Å². The molecule has 0 aliphatic rings. The Labute approximate surface area is 86.1 Å². The molecule has 1 amide bonds. The molecular weight excluding hydrogens is 180 g/mol. The fourth-order valence-corrected chi connectivity index (χ4v) is 0.944. The minimum absolute atomic E-state index is 0.0154. The third-order valence-corrected chi connectivity index (χ3v) is 1.69. The van der Waals surface area contributed by atoms with Crippen LogP contribution in [0.1, 0.15) is 34.1 Å². The molecule has 1 atom stereocenters. The van der Waals surface area contributed by atoms with Crippen LogP contribution in [-0.4, -0.2) is 35.7 Å². The summed E-state index contributed by atoms with van der Waals surface area (Å²) in [5.74, 6) is -0.0247. The van der Waals surface area contributed by atoms with Gasteiger partial charge in [0.1, 0.15) is 0 Å². The van der Waals surface area contributed by atoms with Crippen molar-refractivity contribution in [2.24, 2.45) is 0 Å². The van der Waals surface area contributed by atoms with E-state index in [9.17, 15) is 4.79 Å². The molecule has 0 aliphatic carbocycles. The van der Waals surface area contributed by atoms with E-state index in [2.05, 4.69) is 31.4 Å². The number of nitrogens with one attached hydrogen (secondary N) is 2. The van der Waals surface area contributed by atoms with Crippen molar-refractivity contribution >= 4 is 5.91 Å². The topological polar surface area (TPSA) is 61.4 Å². The Balaban J connectivity index is 3.55. The molecule has 4 nitrogen and oxygen atoms in total. The highest BCUT2D eigenvalue weighted by molar-refractivity contribution is 5.76. The molecule has 0 spiro atoms. The average Bonchev–Trinajstić information content (AvgIpc) is 2.01. The van der Waals surface area contributed by atoms with Crippen LogP contribution in [0.4, 0.5) is 0 Å². The van der Waals surface area contributed by atoms with Crippen LogP contribution in [0, 0.1) is 0 Å². The fourth-order valence-electron chi connectivity index (χ4n) is 0.944. The minimum atomic E-state index is -0.155. The summed E-state index contributed by atoms with van der Waals surface area (Å²) in [5.41, 5.74) is 0.0445. The minimum Gasteiger partial charge on any atom is -0.394 e. The van der Waals surface area contributed by atoms with E-state index in [1.54, 1.807) is 6.92 Å². The fraction of sp³-hybridized carbons (Fsp3) is 0.900. The number of carbonyl (C=O) groups excluding carboxylic acids is 1. The van der Waals surface area contributed by atoms with Crippen molar-refractivity contribution in [3.63, 3.8) is 0 Å². The first kappa shape index (κ1) is 13.4. The molecule has 14 heavy (non-hydrogen) atoms. The molecule has 0 fully saturated rings. The van der Waals surface area contributed by atoms with Crippen molar-refractivity contribution in [3.05, 3.63) is 0 Å². The van der Waals surface area contributed by atoms with Gasteiger partial charge in [-0.25, -0.2) is 0 Å². The van der Waals surface area contributed by atoms with E-state index >= 15 is 0 Å². The number of aliphatic hydroxyl groups excluding tert-OH is 1. The summed E-state index contributed by atoms with van der Waals surface area (Å²) in [6.07, 6.45) is 0.446. The molecule has 84 valence electrons. The predicted octanol–water partition coefficient (Wildman–Crippen LogP) is 0.262. The molecule has 0 bridgehead atoms. The summed E-state index contributed by atoms with van der Waals surface area (Å²) in [7, 11) is 0. The summed E-state index contributed by atoms with van der Waals surface area (Å²) in [6, 6.07) is -0.155. The quantitative estimate of drug-likeness (QED) is 0.599. The van der Waals surface area contributed by atoms with E-state index in [-0.39, 0.29) is 24.1 Å². The first-order chi connectivity index (χ1) is 6.35. The second-order valence-electron chi connectivity index (χ2n) is 4.58. The highest BCUT2D eigenvalue weighted by Gasteiger charge is 2.10. The van der Waals surface area contributed by atoms with Gasteiger partial charge in [-0.05, 0) is 27.7 Å². The monoisotopic (exact) mass is 202 g/mol. The van der Waals surface area contributed by atoms with Crippen molar-refractivity contribution in [2.45, 2.75) is 45.7 Å². The lowest BCUT2D eigenvalue weighted by atomic mass is 10.1. The van der Waals surface area contributed by atoms with Gasteiger partial charge >= 0.3 is 0 Å². The van der Waals surface area contributed by atoms with Crippen LogP contribution in [-0.2, 0) is 4.79 Å². The average molecular weight is 202 g/mol. The Morgan fingerprint density at radius 1 is 1.43 bits per heavy atom. The molecule has 0 aromatic carbocycles. The number of aliphatic hydroxyl groups is 1. The van der Waals surface area contributed by atoms with E-state index in [1.807, 2.05) is 0 Å². The van der Waals surface area contributed by atoms with Crippen LogP contribution < -0.4 is 10.6 Å². The van der Waals surface area contributed by atoms with Gasteiger partial charge in [0.05, 0.1) is 6.61 Å². The number of hydrogen-bond donors (Lipinski definition) is 3. The van der Waals surface area contributed by atoms with Crippen molar-refractivity contribution in [1.82, 2.24) is 10.6 Å². The Kier molecular flexibility index (Phi) is 5.72. The zero-order valence-corrected chi connectivity index (χ0v) is 9.55. The molecule has 0 saturated carbocycles. The van der Waals surface area contributed by atoms with Crippen LogP contribution in [0.25, 0.3) is 0 Å². The second kappa shape index (κ2) is 5.98. The van der Waals surface area contributed by atoms with Crippen LogP contribution in [0.5, 0.6) is 0 Å². The largest absolute Gasteiger partial charge is 0.394 e. The van der Waals surface area contributed by atoms with Gasteiger partial charge in [0.25, 0.3) is 0 Å². The Morgan fingerprint density at radius 2 is 2.00 bits per heavy atom. The van der Waals surface area contributed by atoms with Gasteiger partial charge in [-0.3, -0.25) is 4.79 Å². The third kappa shape index (κ3) is 8.01. The highest BCUT2D eigenvalue weighted by atomic mass is 16.3. The molecule has 4 heteroatoms. The summed E-state index contributed by atoms with van der Waals surface area (Å²) < 4.78 is 0. The summed E-state index contributed by atoms with van der Waals surface area (Å²) in [5, 5.41) is 14.6. The summed E-state index contributed by atoms with van der Waals surface area (Å²) in [6.45, 7) is 8.59. The maximum atomic E-state index is 11.2.